The zero-order valence-corrected chi connectivity index (χ0v) is 17.9. The summed E-state index contributed by atoms with van der Waals surface area (Å²) in [6.45, 7) is 1.20. The first-order valence-electron chi connectivity index (χ1n) is 8.96. The minimum absolute atomic E-state index is 0.204. The number of hydrazine groups is 1. The third-order valence-corrected chi connectivity index (χ3v) is 5.08. The Hall–Kier alpha value is -2.62. The van der Waals surface area contributed by atoms with Crippen LogP contribution in [0.15, 0.2) is 48.4 Å². The molecule has 1 atom stereocenters. The number of carbonyl (C=O) groups excluding carboxylic acids is 1. The molecule has 2 N–H and O–H groups in total. The highest BCUT2D eigenvalue weighted by molar-refractivity contribution is 6.33. The van der Waals surface area contributed by atoms with Crippen LogP contribution in [0, 0.1) is 6.92 Å². The second kappa shape index (κ2) is 9.25. The number of alkyl halides is 3. The number of rotatable bonds is 6. The number of hydrogen-bond donors (Lipinski definition) is 2. The van der Waals surface area contributed by atoms with E-state index in [0.717, 1.165) is 11.1 Å². The largest absolute Gasteiger partial charge is 0.495 e. The molecule has 0 fully saturated rings. The van der Waals surface area contributed by atoms with Crippen LogP contribution in [0.25, 0.3) is 0 Å². The zero-order valence-electron chi connectivity index (χ0n) is 16.4. The highest BCUT2D eigenvalue weighted by Gasteiger charge is 2.44. The molecule has 1 heterocycles. The lowest BCUT2D eigenvalue weighted by atomic mass is 10.2. The molecule has 0 aromatic heterocycles. The Kier molecular flexibility index (Phi) is 6.88. The lowest BCUT2D eigenvalue weighted by Crippen LogP contribution is -2.45. The third kappa shape index (κ3) is 5.36. The number of nitrogens with zero attached hydrogens (tertiary/aromatic N) is 1. The summed E-state index contributed by atoms with van der Waals surface area (Å²) < 4.78 is 50.3. The maximum absolute atomic E-state index is 13.2. The molecule has 1 unspecified atom stereocenters. The number of nitrogens with one attached hydrogen (secondary N) is 2. The number of hydrogen-bond acceptors (Lipinski definition) is 5. The molecule has 0 saturated heterocycles. The van der Waals surface area contributed by atoms with Crippen molar-refractivity contribution in [2.45, 2.75) is 19.1 Å². The Morgan fingerprint density at radius 3 is 2.58 bits per heavy atom. The normalized spacial score (nSPS) is 16.2. The van der Waals surface area contributed by atoms with Crippen LogP contribution < -0.4 is 20.5 Å². The van der Waals surface area contributed by atoms with Gasteiger partial charge in [0.15, 0.2) is 6.61 Å². The van der Waals surface area contributed by atoms with E-state index in [1.54, 1.807) is 31.2 Å². The van der Waals surface area contributed by atoms with Gasteiger partial charge in [-0.05, 0) is 30.7 Å². The lowest BCUT2D eigenvalue weighted by Gasteiger charge is -2.25. The predicted molar refractivity (Wildman–Crippen MR) is 112 cm³/mol. The second-order valence-electron chi connectivity index (χ2n) is 6.58. The van der Waals surface area contributed by atoms with Crippen molar-refractivity contribution < 1.29 is 27.4 Å². The van der Waals surface area contributed by atoms with Gasteiger partial charge in [0, 0.05) is 17.2 Å². The molecule has 1 amide bonds. The molecule has 3 rings (SSSR count). The number of carbonyl (C=O) groups is 1. The number of methoxy groups -OCH3 is 1. The average molecular weight is 476 g/mol. The van der Waals surface area contributed by atoms with Crippen LogP contribution in [0.1, 0.15) is 5.56 Å². The fourth-order valence-electron chi connectivity index (χ4n) is 2.81. The molecule has 166 valence electrons. The summed E-state index contributed by atoms with van der Waals surface area (Å²) in [5.41, 5.74) is 3.59. The minimum atomic E-state index is -4.57. The quantitative estimate of drug-likeness (QED) is 0.611. The van der Waals surface area contributed by atoms with Crippen LogP contribution in [0.5, 0.6) is 5.75 Å². The molecule has 31 heavy (non-hydrogen) atoms. The van der Waals surface area contributed by atoms with E-state index in [4.69, 9.17) is 32.7 Å². The molecule has 0 saturated carbocycles. The molecular weight excluding hydrogens is 458 g/mol. The van der Waals surface area contributed by atoms with Gasteiger partial charge in [-0.3, -0.25) is 4.79 Å². The van der Waals surface area contributed by atoms with Crippen molar-refractivity contribution in [1.29, 1.82) is 0 Å². The van der Waals surface area contributed by atoms with Crippen molar-refractivity contribution in [3.05, 3.63) is 64.0 Å². The number of amides is 1. The fraction of sp³-hybridized carbons (Fsp3) is 0.250. The Morgan fingerprint density at radius 1 is 1.23 bits per heavy atom. The fourth-order valence-corrected chi connectivity index (χ4v) is 3.19. The topological polar surface area (TPSA) is 62.8 Å². The summed E-state index contributed by atoms with van der Waals surface area (Å²) in [5, 5.41) is 4.32. The van der Waals surface area contributed by atoms with Gasteiger partial charge in [0.05, 0.1) is 23.5 Å². The van der Waals surface area contributed by atoms with E-state index in [-0.39, 0.29) is 16.6 Å². The van der Waals surface area contributed by atoms with Gasteiger partial charge in [0.1, 0.15) is 11.8 Å². The van der Waals surface area contributed by atoms with Gasteiger partial charge in [0.25, 0.3) is 5.91 Å². The lowest BCUT2D eigenvalue weighted by molar-refractivity contribution is -0.142. The molecule has 1 aliphatic rings. The number of aryl methyl sites for hydroxylation is 1. The first kappa shape index (κ1) is 23.1. The van der Waals surface area contributed by atoms with Gasteiger partial charge in [-0.25, -0.2) is 10.4 Å². The first-order valence-corrected chi connectivity index (χ1v) is 9.72. The maximum atomic E-state index is 13.2. The van der Waals surface area contributed by atoms with E-state index in [1.165, 1.54) is 19.2 Å². The van der Waals surface area contributed by atoms with Crippen molar-refractivity contribution in [2.24, 2.45) is 0 Å². The maximum Gasteiger partial charge on any atom is 0.409 e. The molecule has 0 bridgehead atoms. The minimum Gasteiger partial charge on any atom is -0.495 e. The van der Waals surface area contributed by atoms with Crippen molar-refractivity contribution in [3.63, 3.8) is 0 Å². The predicted octanol–water partition coefficient (Wildman–Crippen LogP) is 5.06. The Morgan fingerprint density at radius 2 is 1.94 bits per heavy atom. The van der Waals surface area contributed by atoms with Crippen molar-refractivity contribution in [1.82, 2.24) is 5.43 Å². The van der Waals surface area contributed by atoms with Crippen molar-refractivity contribution in [3.8, 4) is 5.75 Å². The van der Waals surface area contributed by atoms with Gasteiger partial charge in [-0.2, -0.15) is 13.2 Å². The first-order chi connectivity index (χ1) is 14.6. The summed E-state index contributed by atoms with van der Waals surface area (Å²) in [7, 11) is 1.42. The van der Waals surface area contributed by atoms with E-state index in [1.807, 2.05) is 0 Å². The number of ether oxygens (including phenoxy) is 2. The number of halogens is 5. The Labute approximate surface area is 186 Å². The average Bonchev–Trinajstić information content (AvgIpc) is 3.14. The SMILES string of the molecule is COc1cc(Cl)c(C)cc1NC(=O)COC1=CC(C(F)(F)F)NN1c1ccccc1Cl. The van der Waals surface area contributed by atoms with Crippen LogP contribution in [-0.2, 0) is 9.53 Å². The van der Waals surface area contributed by atoms with Gasteiger partial charge < -0.3 is 14.8 Å². The molecule has 0 aliphatic carbocycles. The number of para-hydroxylation sites is 1. The smallest absolute Gasteiger partial charge is 0.409 e. The highest BCUT2D eigenvalue weighted by atomic mass is 35.5. The van der Waals surface area contributed by atoms with E-state index >= 15 is 0 Å². The van der Waals surface area contributed by atoms with Gasteiger partial charge in [-0.15, -0.1) is 0 Å². The van der Waals surface area contributed by atoms with Crippen LogP contribution in [0.3, 0.4) is 0 Å². The van der Waals surface area contributed by atoms with E-state index < -0.39 is 24.7 Å². The van der Waals surface area contributed by atoms with E-state index in [9.17, 15) is 18.0 Å². The number of anilines is 2. The zero-order chi connectivity index (χ0) is 22.8. The Bertz CT molecular complexity index is 1010. The molecular formula is C20H18Cl2F3N3O3. The molecule has 0 spiro atoms. The molecule has 1 aliphatic heterocycles. The van der Waals surface area contributed by atoms with Gasteiger partial charge >= 0.3 is 6.18 Å². The summed E-state index contributed by atoms with van der Waals surface area (Å²) >= 11 is 12.2. The van der Waals surface area contributed by atoms with Crippen LogP contribution in [0.4, 0.5) is 24.5 Å². The van der Waals surface area contributed by atoms with E-state index in [0.29, 0.717) is 22.0 Å². The molecule has 2 aromatic carbocycles. The van der Waals surface area contributed by atoms with Gasteiger partial charge in [-0.1, -0.05) is 35.3 Å². The van der Waals surface area contributed by atoms with Crippen molar-refractivity contribution >= 4 is 40.5 Å². The second-order valence-corrected chi connectivity index (χ2v) is 7.39. The van der Waals surface area contributed by atoms with Gasteiger partial charge in [0.2, 0.25) is 5.88 Å². The third-order valence-electron chi connectivity index (χ3n) is 4.35. The molecule has 2 aromatic rings. The van der Waals surface area contributed by atoms with Crippen molar-refractivity contribution in [2.75, 3.05) is 24.0 Å². The standard InChI is InChI=1S/C20H18Cl2F3N3O3/c1-11-7-14(16(30-2)8-13(11)22)26-18(29)10-31-19-9-17(20(23,24)25)27-28(19)15-6-4-3-5-12(15)21/h3-9,17,27H,10H2,1-2H3,(H,26,29). The van der Waals surface area contributed by atoms with Crippen LogP contribution in [-0.4, -0.2) is 31.8 Å². The molecule has 6 nitrogen and oxygen atoms in total. The van der Waals surface area contributed by atoms with E-state index in [2.05, 4.69) is 10.7 Å². The molecule has 0 radical (unpaired) electrons. The summed E-state index contributed by atoms with van der Waals surface area (Å²) in [6.07, 6.45) is -3.73. The monoisotopic (exact) mass is 475 g/mol. The Balaban J connectivity index is 1.75. The highest BCUT2D eigenvalue weighted by Crippen LogP contribution is 2.34. The summed E-state index contributed by atoms with van der Waals surface area (Å²) in [6, 6.07) is 7.47. The number of benzene rings is 2. The van der Waals surface area contributed by atoms with Crippen LogP contribution in [0.2, 0.25) is 10.0 Å². The summed E-state index contributed by atoms with van der Waals surface area (Å²) in [5.74, 6) is -0.471. The summed E-state index contributed by atoms with van der Waals surface area (Å²) in [4.78, 5) is 12.4. The van der Waals surface area contributed by atoms with Crippen LogP contribution >= 0.6 is 23.2 Å². The molecule has 11 heteroatoms.